The molecule has 0 atom stereocenters. The fourth-order valence-corrected chi connectivity index (χ4v) is 2.32. The summed E-state index contributed by atoms with van der Waals surface area (Å²) < 4.78 is 1.93. The quantitative estimate of drug-likeness (QED) is 0.685. The highest BCUT2D eigenvalue weighted by Crippen LogP contribution is 2.26. The van der Waals surface area contributed by atoms with Gasteiger partial charge in [0.2, 0.25) is 0 Å². The van der Waals surface area contributed by atoms with Gasteiger partial charge in [-0.05, 0) is 49.2 Å². The summed E-state index contributed by atoms with van der Waals surface area (Å²) in [5.41, 5.74) is 12.2. The van der Waals surface area contributed by atoms with Gasteiger partial charge >= 0.3 is 0 Å². The molecule has 3 aromatic rings. The van der Waals surface area contributed by atoms with Crippen molar-refractivity contribution in [3.8, 4) is 11.8 Å². The van der Waals surface area contributed by atoms with Crippen molar-refractivity contribution in [3.05, 3.63) is 53.3 Å². The number of hydrogen-bond donors (Lipinski definition) is 1. The Hall–Kier alpha value is -2.80. The predicted octanol–water partition coefficient (Wildman–Crippen LogP) is 3.10. The van der Waals surface area contributed by atoms with Gasteiger partial charge in [-0.3, -0.25) is 4.57 Å². The van der Waals surface area contributed by atoms with Gasteiger partial charge in [0.25, 0.3) is 0 Å². The van der Waals surface area contributed by atoms with Crippen LogP contribution in [0.1, 0.15) is 16.7 Å². The first-order valence-corrected chi connectivity index (χ1v) is 6.35. The number of nitriles is 1. The molecule has 1 aromatic heterocycles. The summed E-state index contributed by atoms with van der Waals surface area (Å²) in [6, 6.07) is 11.7. The lowest BCUT2D eigenvalue weighted by atomic mass is 10.1. The lowest BCUT2D eigenvalue weighted by molar-refractivity contribution is 1.09. The second kappa shape index (κ2) is 4.39. The zero-order chi connectivity index (χ0) is 14.3. The van der Waals surface area contributed by atoms with Crippen LogP contribution in [-0.4, -0.2) is 9.55 Å². The summed E-state index contributed by atoms with van der Waals surface area (Å²) in [5.74, 6) is 0. The molecule has 0 aliphatic rings. The van der Waals surface area contributed by atoms with Gasteiger partial charge in [0.1, 0.15) is 12.4 Å². The molecule has 3 rings (SSSR count). The lowest BCUT2D eigenvalue weighted by Crippen LogP contribution is -2.01. The third kappa shape index (κ3) is 1.72. The largest absolute Gasteiger partial charge is 0.396 e. The molecule has 4 heteroatoms. The summed E-state index contributed by atoms with van der Waals surface area (Å²) in [6.45, 7) is 4.14. The molecule has 20 heavy (non-hydrogen) atoms. The van der Waals surface area contributed by atoms with Crippen LogP contribution in [0.5, 0.6) is 0 Å². The van der Waals surface area contributed by atoms with Gasteiger partial charge in [0, 0.05) is 0 Å². The van der Waals surface area contributed by atoms with Crippen molar-refractivity contribution in [2.45, 2.75) is 13.8 Å². The van der Waals surface area contributed by atoms with Gasteiger partial charge in [-0.1, -0.05) is 6.07 Å². The van der Waals surface area contributed by atoms with Crippen molar-refractivity contribution >= 4 is 16.7 Å². The number of aryl methyl sites for hydroxylation is 2. The van der Waals surface area contributed by atoms with Gasteiger partial charge in [-0.2, -0.15) is 5.26 Å². The number of nitrogen functional groups attached to an aromatic ring is 1. The van der Waals surface area contributed by atoms with Gasteiger partial charge in [0.05, 0.1) is 28.0 Å². The number of nitrogens with two attached hydrogens (primary N) is 1. The summed E-state index contributed by atoms with van der Waals surface area (Å²) in [5, 5.41) is 9.08. The molecule has 0 amide bonds. The first-order chi connectivity index (χ1) is 9.61. The van der Waals surface area contributed by atoms with Crippen LogP contribution in [0.15, 0.2) is 36.7 Å². The second-order valence-electron chi connectivity index (χ2n) is 4.89. The first kappa shape index (κ1) is 12.2. The Labute approximate surface area is 117 Å². The van der Waals surface area contributed by atoms with Crippen LogP contribution in [0.4, 0.5) is 5.69 Å². The monoisotopic (exact) mass is 262 g/mol. The van der Waals surface area contributed by atoms with Crippen molar-refractivity contribution < 1.29 is 0 Å². The normalized spacial score (nSPS) is 10.7. The minimum absolute atomic E-state index is 0.479. The fraction of sp³-hybridized carbons (Fsp3) is 0.125. The maximum Gasteiger partial charge on any atom is 0.101 e. The Morgan fingerprint density at radius 1 is 1.20 bits per heavy atom. The number of fused-ring (bicyclic) bond motifs is 1. The average Bonchev–Trinajstić information content (AvgIpc) is 2.82. The highest BCUT2D eigenvalue weighted by Gasteiger charge is 2.11. The van der Waals surface area contributed by atoms with E-state index in [9.17, 15) is 0 Å². The highest BCUT2D eigenvalue weighted by atomic mass is 15.1. The number of rotatable bonds is 1. The van der Waals surface area contributed by atoms with Gasteiger partial charge in [-0.15, -0.1) is 0 Å². The Bertz CT molecular complexity index is 853. The fourth-order valence-electron chi connectivity index (χ4n) is 2.32. The lowest BCUT2D eigenvalue weighted by Gasteiger charge is -2.09. The number of aromatic nitrogens is 2. The van der Waals surface area contributed by atoms with Gasteiger partial charge in [0.15, 0.2) is 0 Å². The van der Waals surface area contributed by atoms with E-state index in [1.165, 1.54) is 11.1 Å². The zero-order valence-corrected chi connectivity index (χ0v) is 11.4. The van der Waals surface area contributed by atoms with Crippen molar-refractivity contribution in [3.63, 3.8) is 0 Å². The molecule has 0 aliphatic heterocycles. The van der Waals surface area contributed by atoms with Crippen LogP contribution >= 0.6 is 0 Å². The van der Waals surface area contributed by atoms with Crippen molar-refractivity contribution in [2.24, 2.45) is 0 Å². The number of anilines is 1. The van der Waals surface area contributed by atoms with Crippen LogP contribution in [0, 0.1) is 25.2 Å². The average molecular weight is 262 g/mol. The maximum atomic E-state index is 9.08. The molecule has 0 unspecified atom stereocenters. The highest BCUT2D eigenvalue weighted by molar-refractivity contribution is 5.81. The number of hydrogen-bond acceptors (Lipinski definition) is 3. The minimum Gasteiger partial charge on any atom is -0.396 e. The number of para-hydroxylation sites is 1. The maximum absolute atomic E-state index is 9.08. The molecule has 0 saturated heterocycles. The van der Waals surface area contributed by atoms with E-state index < -0.39 is 0 Å². The molecule has 0 saturated carbocycles. The smallest absolute Gasteiger partial charge is 0.101 e. The molecule has 98 valence electrons. The summed E-state index contributed by atoms with van der Waals surface area (Å²) >= 11 is 0. The van der Waals surface area contributed by atoms with E-state index in [1.54, 1.807) is 12.4 Å². The molecule has 0 fully saturated rings. The van der Waals surface area contributed by atoms with Crippen molar-refractivity contribution in [2.75, 3.05) is 5.73 Å². The van der Waals surface area contributed by atoms with E-state index >= 15 is 0 Å². The van der Waals surface area contributed by atoms with E-state index in [0.717, 1.165) is 16.7 Å². The van der Waals surface area contributed by atoms with E-state index in [4.69, 9.17) is 11.0 Å². The van der Waals surface area contributed by atoms with Gasteiger partial charge in [-0.25, -0.2) is 4.98 Å². The van der Waals surface area contributed by atoms with Crippen molar-refractivity contribution in [1.29, 1.82) is 5.26 Å². The molecular weight excluding hydrogens is 248 g/mol. The van der Waals surface area contributed by atoms with E-state index in [0.29, 0.717) is 11.3 Å². The molecule has 0 bridgehead atoms. The second-order valence-corrected chi connectivity index (χ2v) is 4.89. The molecule has 0 spiro atoms. The topological polar surface area (TPSA) is 67.6 Å². The van der Waals surface area contributed by atoms with Gasteiger partial charge < -0.3 is 5.73 Å². The summed E-state index contributed by atoms with van der Waals surface area (Å²) in [4.78, 5) is 4.42. The van der Waals surface area contributed by atoms with Crippen LogP contribution in [0.25, 0.3) is 16.7 Å². The third-order valence-corrected chi connectivity index (χ3v) is 3.63. The van der Waals surface area contributed by atoms with Crippen LogP contribution in [-0.2, 0) is 0 Å². The molecular formula is C16H14N4. The van der Waals surface area contributed by atoms with E-state index in [-0.39, 0.29) is 0 Å². The molecule has 2 aromatic carbocycles. The molecule has 2 N–H and O–H groups in total. The first-order valence-electron chi connectivity index (χ1n) is 6.35. The zero-order valence-electron chi connectivity index (χ0n) is 11.4. The minimum atomic E-state index is 0.479. The summed E-state index contributed by atoms with van der Waals surface area (Å²) in [7, 11) is 0. The molecule has 4 nitrogen and oxygen atoms in total. The molecule has 1 heterocycles. The third-order valence-electron chi connectivity index (χ3n) is 3.63. The Morgan fingerprint density at radius 2 is 1.95 bits per heavy atom. The van der Waals surface area contributed by atoms with E-state index in [1.807, 2.05) is 16.7 Å². The molecule has 0 radical (unpaired) electrons. The van der Waals surface area contributed by atoms with Crippen LogP contribution in [0.2, 0.25) is 0 Å². The van der Waals surface area contributed by atoms with Crippen LogP contribution < -0.4 is 5.73 Å². The Morgan fingerprint density at radius 3 is 2.70 bits per heavy atom. The van der Waals surface area contributed by atoms with Crippen molar-refractivity contribution in [1.82, 2.24) is 9.55 Å². The van der Waals surface area contributed by atoms with E-state index in [2.05, 4.69) is 37.0 Å². The Kier molecular flexibility index (Phi) is 2.69. The molecule has 0 aliphatic carbocycles. The number of imidazole rings is 1. The standard InChI is InChI=1S/C16H14N4/c1-10-6-13-15(7-11(10)2)20(9-19-13)14-5-3-4-12(8-17)16(14)18/h3-7,9H,18H2,1-2H3. The SMILES string of the molecule is Cc1cc2ncn(-c3cccc(C#N)c3N)c2cc1C. The predicted molar refractivity (Wildman–Crippen MR) is 79.7 cm³/mol. The number of nitrogens with zero attached hydrogens (tertiary/aromatic N) is 3. The summed E-state index contributed by atoms with van der Waals surface area (Å²) in [6.07, 6.45) is 1.75. The van der Waals surface area contributed by atoms with Crippen LogP contribution in [0.3, 0.4) is 0 Å². The number of benzene rings is 2. The Balaban J connectivity index is 2.31.